The summed E-state index contributed by atoms with van der Waals surface area (Å²) in [6.45, 7) is 2.57. The van der Waals surface area contributed by atoms with Crippen LogP contribution in [0.3, 0.4) is 0 Å². The van der Waals surface area contributed by atoms with Crippen LogP contribution < -0.4 is 5.32 Å². The van der Waals surface area contributed by atoms with Crippen LogP contribution in [-0.4, -0.2) is 12.5 Å². The van der Waals surface area contributed by atoms with Gasteiger partial charge in [0.1, 0.15) is 5.82 Å². The van der Waals surface area contributed by atoms with Crippen LogP contribution in [0.2, 0.25) is 0 Å². The van der Waals surface area contributed by atoms with Gasteiger partial charge < -0.3 is 5.32 Å². The van der Waals surface area contributed by atoms with E-state index in [0.29, 0.717) is 19.4 Å². The van der Waals surface area contributed by atoms with E-state index in [9.17, 15) is 9.18 Å². The van der Waals surface area contributed by atoms with E-state index >= 15 is 0 Å². The Bertz CT molecular complexity index is 578. The predicted octanol–water partition coefficient (Wildman–Crippen LogP) is 3.04. The van der Waals surface area contributed by atoms with E-state index in [1.165, 1.54) is 12.1 Å². The maximum absolute atomic E-state index is 12.7. The molecule has 0 aromatic heterocycles. The van der Waals surface area contributed by atoms with Crippen LogP contribution in [-0.2, 0) is 17.6 Å². The van der Waals surface area contributed by atoms with E-state index < -0.39 is 0 Å². The van der Waals surface area contributed by atoms with Crippen molar-refractivity contribution in [2.75, 3.05) is 6.54 Å². The van der Waals surface area contributed by atoms with Gasteiger partial charge in [0.05, 0.1) is 6.42 Å². The molecule has 2 nitrogen and oxygen atoms in total. The lowest BCUT2D eigenvalue weighted by molar-refractivity contribution is -0.120. The average molecular weight is 271 g/mol. The number of amides is 1. The Morgan fingerprint density at radius 2 is 1.80 bits per heavy atom. The van der Waals surface area contributed by atoms with Crippen LogP contribution in [0.1, 0.15) is 16.7 Å². The first kappa shape index (κ1) is 14.3. The van der Waals surface area contributed by atoms with Gasteiger partial charge in [-0.1, -0.05) is 36.4 Å². The normalized spacial score (nSPS) is 10.3. The largest absolute Gasteiger partial charge is 0.355 e. The van der Waals surface area contributed by atoms with Crippen LogP contribution >= 0.6 is 0 Å². The first-order valence-corrected chi connectivity index (χ1v) is 6.71. The van der Waals surface area contributed by atoms with Gasteiger partial charge in [-0.15, -0.1) is 0 Å². The van der Waals surface area contributed by atoms with Gasteiger partial charge in [0.25, 0.3) is 0 Å². The number of halogens is 1. The molecule has 3 heteroatoms. The zero-order valence-electron chi connectivity index (χ0n) is 11.5. The highest BCUT2D eigenvalue weighted by molar-refractivity contribution is 5.78. The summed E-state index contributed by atoms with van der Waals surface area (Å²) >= 11 is 0. The second-order valence-electron chi connectivity index (χ2n) is 4.83. The van der Waals surface area contributed by atoms with Crippen molar-refractivity contribution >= 4 is 5.91 Å². The maximum Gasteiger partial charge on any atom is 0.224 e. The van der Waals surface area contributed by atoms with Crippen molar-refractivity contribution in [3.8, 4) is 0 Å². The van der Waals surface area contributed by atoms with Crippen molar-refractivity contribution in [2.24, 2.45) is 0 Å². The Labute approximate surface area is 118 Å². The second kappa shape index (κ2) is 6.85. The van der Waals surface area contributed by atoms with Crippen LogP contribution in [0.4, 0.5) is 4.39 Å². The van der Waals surface area contributed by atoms with Crippen molar-refractivity contribution < 1.29 is 9.18 Å². The third-order valence-corrected chi connectivity index (χ3v) is 3.26. The quantitative estimate of drug-likeness (QED) is 0.889. The minimum Gasteiger partial charge on any atom is -0.355 e. The van der Waals surface area contributed by atoms with Crippen molar-refractivity contribution in [1.82, 2.24) is 5.32 Å². The minimum absolute atomic E-state index is 0.0152. The molecule has 0 aliphatic carbocycles. The molecule has 0 heterocycles. The van der Waals surface area contributed by atoms with Gasteiger partial charge in [-0.25, -0.2) is 4.39 Å². The van der Waals surface area contributed by atoms with E-state index in [1.54, 1.807) is 12.1 Å². The van der Waals surface area contributed by atoms with Crippen molar-refractivity contribution in [2.45, 2.75) is 19.8 Å². The van der Waals surface area contributed by atoms with E-state index in [1.807, 2.05) is 31.2 Å². The molecule has 104 valence electrons. The molecular weight excluding hydrogens is 253 g/mol. The molecule has 0 radical (unpaired) electrons. The predicted molar refractivity (Wildman–Crippen MR) is 78.0 cm³/mol. The number of carbonyl (C=O) groups is 1. The average Bonchev–Trinajstić information content (AvgIpc) is 2.44. The monoisotopic (exact) mass is 271 g/mol. The Kier molecular flexibility index (Phi) is 4.88. The van der Waals surface area contributed by atoms with Crippen molar-refractivity contribution in [3.05, 3.63) is 71.0 Å². The number of benzene rings is 2. The fourth-order valence-electron chi connectivity index (χ4n) is 2.04. The maximum atomic E-state index is 12.7. The highest BCUT2D eigenvalue weighted by Gasteiger charge is 2.04. The smallest absolute Gasteiger partial charge is 0.224 e. The lowest BCUT2D eigenvalue weighted by atomic mass is 10.1. The van der Waals surface area contributed by atoms with Gasteiger partial charge in [-0.2, -0.15) is 0 Å². The number of hydrogen-bond donors (Lipinski definition) is 1. The number of hydrogen-bond acceptors (Lipinski definition) is 1. The summed E-state index contributed by atoms with van der Waals surface area (Å²) < 4.78 is 12.7. The molecule has 0 saturated carbocycles. The number of rotatable bonds is 5. The molecule has 0 saturated heterocycles. The Balaban J connectivity index is 1.78. The lowest BCUT2D eigenvalue weighted by Gasteiger charge is -2.07. The summed E-state index contributed by atoms with van der Waals surface area (Å²) in [5, 5.41) is 2.89. The zero-order chi connectivity index (χ0) is 14.4. The van der Waals surface area contributed by atoms with Gasteiger partial charge in [-0.3, -0.25) is 4.79 Å². The summed E-state index contributed by atoms with van der Waals surface area (Å²) in [5.74, 6) is -0.223. The van der Waals surface area contributed by atoms with E-state index in [0.717, 1.165) is 16.7 Å². The Hall–Kier alpha value is -2.16. The second-order valence-corrected chi connectivity index (χ2v) is 4.83. The Morgan fingerprint density at radius 3 is 2.50 bits per heavy atom. The third kappa shape index (κ3) is 4.19. The molecule has 0 unspecified atom stereocenters. The first-order chi connectivity index (χ1) is 9.65. The fraction of sp³-hybridized carbons (Fsp3) is 0.235. The molecule has 0 atom stereocenters. The lowest BCUT2D eigenvalue weighted by Crippen LogP contribution is -2.27. The van der Waals surface area contributed by atoms with Crippen molar-refractivity contribution in [3.63, 3.8) is 0 Å². The molecule has 1 amide bonds. The summed E-state index contributed by atoms with van der Waals surface area (Å²) in [6, 6.07) is 14.2. The third-order valence-electron chi connectivity index (χ3n) is 3.26. The van der Waals surface area contributed by atoms with Gasteiger partial charge >= 0.3 is 0 Å². The van der Waals surface area contributed by atoms with Gasteiger partial charge in [0.2, 0.25) is 5.91 Å². The molecule has 0 aliphatic heterocycles. The van der Waals surface area contributed by atoms with Gasteiger partial charge in [0, 0.05) is 6.54 Å². The number of carbonyl (C=O) groups excluding carboxylic acids is 1. The first-order valence-electron chi connectivity index (χ1n) is 6.71. The molecule has 0 fully saturated rings. The molecule has 0 aliphatic rings. The molecule has 2 aromatic rings. The summed E-state index contributed by atoms with van der Waals surface area (Å²) in [7, 11) is 0. The van der Waals surface area contributed by atoms with Crippen molar-refractivity contribution in [1.29, 1.82) is 0 Å². The molecule has 20 heavy (non-hydrogen) atoms. The molecule has 0 bridgehead atoms. The minimum atomic E-state index is -0.239. The highest BCUT2D eigenvalue weighted by atomic mass is 19.1. The van der Waals surface area contributed by atoms with Crippen LogP contribution in [0.25, 0.3) is 0 Å². The van der Waals surface area contributed by atoms with Crippen LogP contribution in [0.15, 0.2) is 48.5 Å². The molecule has 2 aromatic carbocycles. The highest BCUT2D eigenvalue weighted by Crippen LogP contribution is 2.07. The topological polar surface area (TPSA) is 29.1 Å². The van der Waals surface area contributed by atoms with Gasteiger partial charge in [-0.05, 0) is 42.2 Å². The number of aryl methyl sites for hydroxylation is 1. The zero-order valence-corrected chi connectivity index (χ0v) is 11.5. The summed E-state index contributed by atoms with van der Waals surface area (Å²) in [4.78, 5) is 11.8. The fourth-order valence-corrected chi connectivity index (χ4v) is 2.04. The van der Waals surface area contributed by atoms with Gasteiger partial charge in [0.15, 0.2) is 0 Å². The summed E-state index contributed by atoms with van der Waals surface area (Å²) in [6.07, 6.45) is 1.11. The summed E-state index contributed by atoms with van der Waals surface area (Å²) in [5.41, 5.74) is 3.19. The molecular formula is C17H18FNO. The van der Waals surface area contributed by atoms with Crippen LogP contribution in [0, 0.1) is 12.7 Å². The van der Waals surface area contributed by atoms with E-state index in [-0.39, 0.29) is 11.7 Å². The Morgan fingerprint density at radius 1 is 1.10 bits per heavy atom. The molecule has 0 spiro atoms. The number of nitrogens with one attached hydrogen (secondary N) is 1. The molecule has 2 rings (SSSR count). The SMILES string of the molecule is Cc1ccccc1CC(=O)NCCc1ccc(F)cc1. The van der Waals surface area contributed by atoms with E-state index in [2.05, 4.69) is 5.32 Å². The van der Waals surface area contributed by atoms with E-state index in [4.69, 9.17) is 0 Å². The van der Waals surface area contributed by atoms with Crippen LogP contribution in [0.5, 0.6) is 0 Å². The standard InChI is InChI=1S/C17H18FNO/c1-13-4-2-3-5-15(13)12-17(20)19-11-10-14-6-8-16(18)9-7-14/h2-9H,10-12H2,1H3,(H,19,20). The molecule has 1 N–H and O–H groups in total.